The van der Waals surface area contributed by atoms with Crippen LogP contribution in [0.1, 0.15) is 5.56 Å². The Kier molecular flexibility index (Phi) is 4.46. The van der Waals surface area contributed by atoms with Gasteiger partial charge in [-0.2, -0.15) is 0 Å². The normalized spacial score (nSPS) is 11.4. The van der Waals surface area contributed by atoms with Gasteiger partial charge in [0.05, 0.1) is 10.7 Å². The third-order valence-electron chi connectivity index (χ3n) is 2.64. The van der Waals surface area contributed by atoms with Crippen molar-refractivity contribution in [2.75, 3.05) is 4.72 Å². The summed E-state index contributed by atoms with van der Waals surface area (Å²) in [5.41, 5.74) is 5.77. The van der Waals surface area contributed by atoms with Crippen molar-refractivity contribution < 1.29 is 17.2 Å². The predicted octanol–water partition coefficient (Wildman–Crippen LogP) is 2.88. The molecule has 0 radical (unpaired) electrons. The first-order valence-corrected chi connectivity index (χ1v) is 7.65. The molecule has 0 aliphatic carbocycles. The molecule has 2 aromatic carbocycles. The first kappa shape index (κ1) is 15.7. The molecular weight excluding hydrogens is 322 g/mol. The van der Waals surface area contributed by atoms with Crippen LogP contribution in [-0.2, 0) is 16.6 Å². The number of hydrogen-bond acceptors (Lipinski definition) is 3. The molecule has 0 aromatic heterocycles. The second-order valence-electron chi connectivity index (χ2n) is 4.23. The quantitative estimate of drug-likeness (QED) is 0.904. The topological polar surface area (TPSA) is 72.2 Å². The second-order valence-corrected chi connectivity index (χ2v) is 6.29. The third kappa shape index (κ3) is 3.69. The van der Waals surface area contributed by atoms with E-state index in [4.69, 9.17) is 17.3 Å². The van der Waals surface area contributed by atoms with Gasteiger partial charge in [-0.1, -0.05) is 17.7 Å². The number of nitrogens with one attached hydrogen (secondary N) is 1. The number of nitrogens with two attached hydrogens (primary N) is 1. The minimum absolute atomic E-state index is 0.0171. The number of anilines is 1. The van der Waals surface area contributed by atoms with Crippen LogP contribution < -0.4 is 10.5 Å². The first-order valence-electron chi connectivity index (χ1n) is 5.79. The van der Waals surface area contributed by atoms with Gasteiger partial charge in [0.2, 0.25) is 0 Å². The molecule has 8 heteroatoms. The van der Waals surface area contributed by atoms with Crippen molar-refractivity contribution in [1.29, 1.82) is 0 Å². The fraction of sp³-hybridized carbons (Fsp3) is 0.0769. The number of halogens is 3. The molecule has 0 atom stereocenters. The van der Waals surface area contributed by atoms with Gasteiger partial charge < -0.3 is 5.73 Å². The number of benzene rings is 2. The Bertz CT molecular complexity index is 761. The summed E-state index contributed by atoms with van der Waals surface area (Å²) in [6.45, 7) is 0.133. The first-order chi connectivity index (χ1) is 9.81. The highest BCUT2D eigenvalue weighted by molar-refractivity contribution is 7.92. The summed E-state index contributed by atoms with van der Waals surface area (Å²) in [7, 11) is -4.08. The predicted molar refractivity (Wildman–Crippen MR) is 76.5 cm³/mol. The molecule has 0 amide bonds. The molecule has 112 valence electrons. The fourth-order valence-electron chi connectivity index (χ4n) is 1.70. The zero-order chi connectivity index (χ0) is 15.6. The molecule has 0 aliphatic rings. The Hall–Kier alpha value is -1.70. The van der Waals surface area contributed by atoms with Crippen LogP contribution in [-0.4, -0.2) is 8.42 Å². The van der Waals surface area contributed by atoms with Crippen LogP contribution in [0.5, 0.6) is 0 Å². The van der Waals surface area contributed by atoms with Gasteiger partial charge >= 0.3 is 0 Å². The lowest BCUT2D eigenvalue weighted by Crippen LogP contribution is -2.14. The van der Waals surface area contributed by atoms with Gasteiger partial charge in [0.15, 0.2) is 0 Å². The van der Waals surface area contributed by atoms with Crippen LogP contribution >= 0.6 is 11.6 Å². The van der Waals surface area contributed by atoms with E-state index in [9.17, 15) is 17.2 Å². The average molecular weight is 333 g/mol. The summed E-state index contributed by atoms with van der Waals surface area (Å²) in [6, 6.07) is 6.65. The summed E-state index contributed by atoms with van der Waals surface area (Å²) in [6.07, 6.45) is 0. The minimum Gasteiger partial charge on any atom is -0.326 e. The van der Waals surface area contributed by atoms with Crippen LogP contribution in [0, 0.1) is 11.6 Å². The molecule has 0 aliphatic heterocycles. The molecule has 0 spiro atoms. The molecular formula is C13H11ClF2N2O2S. The van der Waals surface area contributed by atoms with Crippen molar-refractivity contribution in [2.45, 2.75) is 11.4 Å². The van der Waals surface area contributed by atoms with Crippen LogP contribution in [0.4, 0.5) is 14.5 Å². The highest BCUT2D eigenvalue weighted by Crippen LogP contribution is 2.25. The van der Waals surface area contributed by atoms with Crippen LogP contribution in [0.25, 0.3) is 0 Å². The lowest BCUT2D eigenvalue weighted by Gasteiger charge is -2.11. The molecule has 0 bridgehead atoms. The SMILES string of the molecule is NCc1ccc(Cl)c(S(=O)(=O)Nc2cc(F)cc(F)c2)c1. The maximum absolute atomic E-state index is 13.1. The van der Waals surface area contributed by atoms with E-state index in [0.29, 0.717) is 11.6 Å². The van der Waals surface area contributed by atoms with Gasteiger partial charge in [-0.15, -0.1) is 0 Å². The molecule has 0 unspecified atom stereocenters. The Labute approximate surface area is 125 Å². The molecule has 3 N–H and O–H groups in total. The smallest absolute Gasteiger partial charge is 0.263 e. The van der Waals surface area contributed by atoms with E-state index < -0.39 is 21.7 Å². The second kappa shape index (κ2) is 5.97. The number of sulfonamides is 1. The van der Waals surface area contributed by atoms with Crippen LogP contribution in [0.3, 0.4) is 0 Å². The van der Waals surface area contributed by atoms with Gasteiger partial charge in [0.25, 0.3) is 10.0 Å². The summed E-state index contributed by atoms with van der Waals surface area (Å²) in [4.78, 5) is -0.211. The highest BCUT2D eigenvalue weighted by Gasteiger charge is 2.19. The zero-order valence-corrected chi connectivity index (χ0v) is 12.2. The van der Waals surface area contributed by atoms with Crippen molar-refractivity contribution in [3.8, 4) is 0 Å². The molecule has 0 fully saturated rings. The minimum atomic E-state index is -4.08. The highest BCUT2D eigenvalue weighted by atomic mass is 35.5. The van der Waals surface area contributed by atoms with Crippen molar-refractivity contribution in [2.24, 2.45) is 5.73 Å². The molecule has 0 heterocycles. The largest absolute Gasteiger partial charge is 0.326 e. The van der Waals surface area contributed by atoms with E-state index in [0.717, 1.165) is 12.1 Å². The van der Waals surface area contributed by atoms with Crippen LogP contribution in [0.15, 0.2) is 41.3 Å². The maximum atomic E-state index is 13.1. The van der Waals surface area contributed by atoms with Gasteiger partial charge in [0, 0.05) is 12.6 Å². The molecule has 2 aromatic rings. The van der Waals surface area contributed by atoms with Crippen molar-refractivity contribution in [3.05, 3.63) is 58.6 Å². The molecule has 0 saturated carbocycles. The molecule has 2 rings (SSSR count). The number of hydrogen-bond donors (Lipinski definition) is 2. The summed E-state index contributed by atoms with van der Waals surface area (Å²) >= 11 is 5.86. The lowest BCUT2D eigenvalue weighted by molar-refractivity contribution is 0.584. The third-order valence-corrected chi connectivity index (χ3v) is 4.50. The Balaban J connectivity index is 2.42. The van der Waals surface area contributed by atoms with Gasteiger partial charge in [-0.25, -0.2) is 17.2 Å². The van der Waals surface area contributed by atoms with E-state index in [1.807, 2.05) is 0 Å². The lowest BCUT2D eigenvalue weighted by atomic mass is 10.2. The average Bonchev–Trinajstić information content (AvgIpc) is 2.37. The van der Waals surface area contributed by atoms with Crippen molar-refractivity contribution in [1.82, 2.24) is 0 Å². The monoisotopic (exact) mass is 332 g/mol. The van der Waals surface area contributed by atoms with E-state index in [1.54, 1.807) is 6.07 Å². The summed E-state index contributed by atoms with van der Waals surface area (Å²) < 4.78 is 52.7. The van der Waals surface area contributed by atoms with Gasteiger partial charge in [-0.3, -0.25) is 4.72 Å². The summed E-state index contributed by atoms with van der Waals surface area (Å²) in [5, 5.41) is -0.0171. The van der Waals surface area contributed by atoms with Crippen LogP contribution in [0.2, 0.25) is 5.02 Å². The van der Waals surface area contributed by atoms with E-state index in [-0.39, 0.29) is 22.2 Å². The number of rotatable bonds is 4. The Morgan fingerprint density at radius 3 is 2.29 bits per heavy atom. The van der Waals surface area contributed by atoms with E-state index >= 15 is 0 Å². The fourth-order valence-corrected chi connectivity index (χ4v) is 3.30. The molecule has 4 nitrogen and oxygen atoms in total. The van der Waals surface area contributed by atoms with E-state index in [2.05, 4.69) is 4.72 Å². The molecule has 21 heavy (non-hydrogen) atoms. The summed E-state index contributed by atoms with van der Waals surface area (Å²) in [5.74, 6) is -1.79. The standard InChI is InChI=1S/C13H11ClF2N2O2S/c14-12-2-1-8(7-17)3-13(12)21(19,20)18-11-5-9(15)4-10(16)6-11/h1-6,18H,7,17H2. The van der Waals surface area contributed by atoms with Gasteiger partial charge in [-0.05, 0) is 29.8 Å². The Morgan fingerprint density at radius 2 is 1.71 bits per heavy atom. The van der Waals surface area contributed by atoms with Crippen molar-refractivity contribution >= 4 is 27.3 Å². The Morgan fingerprint density at radius 1 is 1.10 bits per heavy atom. The van der Waals surface area contributed by atoms with Gasteiger partial charge in [0.1, 0.15) is 16.5 Å². The van der Waals surface area contributed by atoms with E-state index in [1.165, 1.54) is 12.1 Å². The zero-order valence-electron chi connectivity index (χ0n) is 10.6. The molecule has 0 saturated heterocycles. The maximum Gasteiger partial charge on any atom is 0.263 e. The van der Waals surface area contributed by atoms with Crippen molar-refractivity contribution in [3.63, 3.8) is 0 Å².